The van der Waals surface area contributed by atoms with Crippen LogP contribution in [0.15, 0.2) is 29.6 Å². The highest BCUT2D eigenvalue weighted by Crippen LogP contribution is 2.29. The Morgan fingerprint density at radius 2 is 2.04 bits per heavy atom. The standard InChI is InChI=1S/C16H22F3N7O/c1-3-13-25-24-11-26(13)8-6-21-15(20-2)22-7-9-27-14-5-4-12(10-23-14)16(17,18)19/h4-5,10-11H,3,6-9H2,1-2H3,(H2,20,21,22). The summed E-state index contributed by atoms with van der Waals surface area (Å²) >= 11 is 0. The first-order valence-corrected chi connectivity index (χ1v) is 8.41. The van der Waals surface area contributed by atoms with Crippen molar-refractivity contribution in [3.8, 4) is 5.88 Å². The van der Waals surface area contributed by atoms with Crippen LogP contribution in [0.5, 0.6) is 5.88 Å². The fourth-order valence-corrected chi connectivity index (χ4v) is 2.21. The second-order valence-electron chi connectivity index (χ2n) is 5.45. The van der Waals surface area contributed by atoms with Crippen LogP contribution in [-0.2, 0) is 19.1 Å². The number of guanidine groups is 1. The molecule has 2 aromatic rings. The average Bonchev–Trinajstić information content (AvgIpc) is 3.10. The summed E-state index contributed by atoms with van der Waals surface area (Å²) in [4.78, 5) is 7.74. The lowest BCUT2D eigenvalue weighted by Crippen LogP contribution is -2.40. The number of halogens is 3. The summed E-state index contributed by atoms with van der Waals surface area (Å²) in [7, 11) is 1.64. The molecule has 0 spiro atoms. The predicted molar refractivity (Wildman–Crippen MR) is 93.5 cm³/mol. The Bertz CT molecular complexity index is 728. The highest BCUT2D eigenvalue weighted by atomic mass is 19.4. The van der Waals surface area contributed by atoms with E-state index in [1.807, 2.05) is 11.5 Å². The number of hydrogen-bond acceptors (Lipinski definition) is 5. The number of pyridine rings is 1. The molecular formula is C16H22F3N7O. The highest BCUT2D eigenvalue weighted by molar-refractivity contribution is 5.79. The maximum absolute atomic E-state index is 12.5. The molecule has 148 valence electrons. The van der Waals surface area contributed by atoms with Crippen LogP contribution in [0.25, 0.3) is 0 Å². The van der Waals surface area contributed by atoms with E-state index in [0.717, 1.165) is 24.5 Å². The number of aliphatic imine (C=N–C) groups is 1. The monoisotopic (exact) mass is 385 g/mol. The molecule has 0 atom stereocenters. The topological polar surface area (TPSA) is 89.2 Å². The molecule has 0 saturated carbocycles. The molecule has 0 fully saturated rings. The molecule has 2 N–H and O–H groups in total. The molecule has 0 unspecified atom stereocenters. The molecular weight excluding hydrogens is 363 g/mol. The van der Waals surface area contributed by atoms with Gasteiger partial charge in [0.15, 0.2) is 5.96 Å². The lowest BCUT2D eigenvalue weighted by atomic mass is 10.3. The van der Waals surface area contributed by atoms with E-state index in [0.29, 0.717) is 25.6 Å². The summed E-state index contributed by atoms with van der Waals surface area (Å²) in [6.45, 7) is 3.98. The summed E-state index contributed by atoms with van der Waals surface area (Å²) in [5, 5.41) is 14.1. The van der Waals surface area contributed by atoms with Crippen LogP contribution in [0, 0.1) is 0 Å². The molecule has 0 radical (unpaired) electrons. The van der Waals surface area contributed by atoms with E-state index in [2.05, 4.69) is 30.8 Å². The SMILES string of the molecule is CCc1nncn1CCNC(=NC)NCCOc1ccc(C(F)(F)F)cn1. The van der Waals surface area contributed by atoms with Crippen molar-refractivity contribution in [1.29, 1.82) is 0 Å². The van der Waals surface area contributed by atoms with Crippen LogP contribution in [0.4, 0.5) is 13.2 Å². The minimum absolute atomic E-state index is 0.132. The summed E-state index contributed by atoms with van der Waals surface area (Å²) in [5.74, 6) is 1.63. The van der Waals surface area contributed by atoms with Crippen molar-refractivity contribution in [2.75, 3.05) is 26.7 Å². The van der Waals surface area contributed by atoms with E-state index >= 15 is 0 Å². The third kappa shape index (κ3) is 6.42. The molecule has 0 saturated heterocycles. The van der Waals surface area contributed by atoms with Gasteiger partial charge in [0.1, 0.15) is 18.8 Å². The van der Waals surface area contributed by atoms with Gasteiger partial charge in [-0.3, -0.25) is 4.99 Å². The Morgan fingerprint density at radius 3 is 2.67 bits per heavy atom. The number of hydrogen-bond donors (Lipinski definition) is 2. The smallest absolute Gasteiger partial charge is 0.417 e. The molecule has 0 amide bonds. The van der Waals surface area contributed by atoms with Crippen molar-refractivity contribution in [1.82, 2.24) is 30.4 Å². The number of alkyl halides is 3. The van der Waals surface area contributed by atoms with E-state index in [1.165, 1.54) is 6.07 Å². The molecule has 0 aromatic carbocycles. The number of nitrogens with zero attached hydrogens (tertiary/aromatic N) is 5. The summed E-state index contributed by atoms with van der Waals surface area (Å²) in [6.07, 6.45) is -1.17. The van der Waals surface area contributed by atoms with E-state index in [4.69, 9.17) is 4.74 Å². The number of nitrogens with one attached hydrogen (secondary N) is 2. The number of rotatable bonds is 8. The number of aryl methyl sites for hydroxylation is 1. The molecule has 0 aliphatic heterocycles. The maximum Gasteiger partial charge on any atom is 0.417 e. The van der Waals surface area contributed by atoms with E-state index in [-0.39, 0.29) is 12.5 Å². The molecule has 2 rings (SSSR count). The Hall–Kier alpha value is -2.85. The summed E-state index contributed by atoms with van der Waals surface area (Å²) in [6, 6.07) is 2.13. The van der Waals surface area contributed by atoms with E-state index in [9.17, 15) is 13.2 Å². The Morgan fingerprint density at radius 1 is 1.26 bits per heavy atom. The Kier molecular flexibility index (Phi) is 7.38. The first-order chi connectivity index (χ1) is 12.9. The second kappa shape index (κ2) is 9.74. The molecule has 0 aliphatic carbocycles. The lowest BCUT2D eigenvalue weighted by molar-refractivity contribution is -0.137. The van der Waals surface area contributed by atoms with Gasteiger partial charge in [-0.05, 0) is 6.07 Å². The highest BCUT2D eigenvalue weighted by Gasteiger charge is 2.30. The van der Waals surface area contributed by atoms with Crippen molar-refractivity contribution < 1.29 is 17.9 Å². The van der Waals surface area contributed by atoms with Crippen LogP contribution < -0.4 is 15.4 Å². The van der Waals surface area contributed by atoms with Crippen LogP contribution >= 0.6 is 0 Å². The van der Waals surface area contributed by atoms with Crippen molar-refractivity contribution in [2.24, 2.45) is 4.99 Å². The third-order valence-corrected chi connectivity index (χ3v) is 3.59. The van der Waals surface area contributed by atoms with Crippen LogP contribution in [0.3, 0.4) is 0 Å². The zero-order valence-electron chi connectivity index (χ0n) is 15.1. The first-order valence-electron chi connectivity index (χ1n) is 8.41. The van der Waals surface area contributed by atoms with Gasteiger partial charge in [-0.1, -0.05) is 6.92 Å². The lowest BCUT2D eigenvalue weighted by Gasteiger charge is -2.13. The zero-order valence-corrected chi connectivity index (χ0v) is 15.1. The fraction of sp³-hybridized carbons (Fsp3) is 0.500. The average molecular weight is 385 g/mol. The normalized spacial score (nSPS) is 12.1. The first kappa shape index (κ1) is 20.5. The molecule has 2 aromatic heterocycles. The maximum atomic E-state index is 12.5. The minimum atomic E-state index is -4.41. The van der Waals surface area contributed by atoms with E-state index < -0.39 is 11.7 Å². The van der Waals surface area contributed by atoms with Crippen molar-refractivity contribution in [3.63, 3.8) is 0 Å². The quantitative estimate of drug-likeness (QED) is 0.407. The Balaban J connectivity index is 1.67. The molecule has 0 bridgehead atoms. The summed E-state index contributed by atoms with van der Waals surface area (Å²) < 4.78 is 44.7. The van der Waals surface area contributed by atoms with Crippen molar-refractivity contribution >= 4 is 5.96 Å². The van der Waals surface area contributed by atoms with Crippen LogP contribution in [0.1, 0.15) is 18.3 Å². The van der Waals surface area contributed by atoms with Crippen molar-refractivity contribution in [3.05, 3.63) is 36.0 Å². The molecule has 2 heterocycles. The zero-order chi connectivity index (χ0) is 19.7. The minimum Gasteiger partial charge on any atom is -0.476 e. The molecule has 11 heteroatoms. The van der Waals surface area contributed by atoms with Gasteiger partial charge in [0.2, 0.25) is 5.88 Å². The van der Waals surface area contributed by atoms with Gasteiger partial charge in [-0.25, -0.2) is 4.98 Å². The van der Waals surface area contributed by atoms with Crippen LogP contribution in [-0.4, -0.2) is 52.5 Å². The van der Waals surface area contributed by atoms with Gasteiger partial charge in [0.25, 0.3) is 0 Å². The van der Waals surface area contributed by atoms with Gasteiger partial charge in [-0.2, -0.15) is 13.2 Å². The Labute approximate surface area is 154 Å². The van der Waals surface area contributed by atoms with Gasteiger partial charge in [-0.15, -0.1) is 10.2 Å². The van der Waals surface area contributed by atoms with Gasteiger partial charge < -0.3 is 19.9 Å². The van der Waals surface area contributed by atoms with Crippen molar-refractivity contribution in [2.45, 2.75) is 26.1 Å². The molecule has 8 nitrogen and oxygen atoms in total. The number of aromatic nitrogens is 4. The van der Waals surface area contributed by atoms with Gasteiger partial charge in [0.05, 0.1) is 12.1 Å². The largest absolute Gasteiger partial charge is 0.476 e. The molecule has 27 heavy (non-hydrogen) atoms. The molecule has 0 aliphatic rings. The van der Waals surface area contributed by atoms with Gasteiger partial charge in [0, 0.05) is 38.8 Å². The third-order valence-electron chi connectivity index (χ3n) is 3.59. The number of ether oxygens (including phenoxy) is 1. The second-order valence-corrected chi connectivity index (χ2v) is 5.45. The fourth-order valence-electron chi connectivity index (χ4n) is 2.21. The predicted octanol–water partition coefficient (Wildman–Crippen LogP) is 1.50. The summed E-state index contributed by atoms with van der Waals surface area (Å²) in [5.41, 5.74) is -0.808. The van der Waals surface area contributed by atoms with Crippen LogP contribution in [0.2, 0.25) is 0 Å². The van der Waals surface area contributed by atoms with Gasteiger partial charge >= 0.3 is 6.18 Å². The van der Waals surface area contributed by atoms with E-state index in [1.54, 1.807) is 13.4 Å².